The molecule has 0 unspecified atom stereocenters. The predicted molar refractivity (Wildman–Crippen MR) is 228 cm³/mol. The van der Waals surface area contributed by atoms with Crippen LogP contribution in [0.4, 0.5) is 9.59 Å². The quantitative estimate of drug-likeness (QED) is 0.106. The largest absolute Gasteiger partial charge is 0.453 e. The average Bonchev–Trinajstić information content (AvgIpc) is 4.06. The van der Waals surface area contributed by atoms with Gasteiger partial charge in [-0.15, -0.1) is 0 Å². The molecule has 7 rings (SSSR count). The number of aromatic amines is 2. The van der Waals surface area contributed by atoms with Gasteiger partial charge >= 0.3 is 12.2 Å². The summed E-state index contributed by atoms with van der Waals surface area (Å²) in [7, 11) is 2.59. The van der Waals surface area contributed by atoms with E-state index in [1.165, 1.54) is 14.2 Å². The molecular formula is C44H52N8O6S. The molecule has 0 spiro atoms. The van der Waals surface area contributed by atoms with Crippen LogP contribution in [0.25, 0.3) is 44.4 Å². The van der Waals surface area contributed by atoms with Crippen LogP contribution in [0, 0.1) is 11.8 Å². The van der Waals surface area contributed by atoms with Gasteiger partial charge in [-0.2, -0.15) is 11.8 Å². The third-order valence-electron chi connectivity index (χ3n) is 11.2. The maximum absolute atomic E-state index is 13.7. The van der Waals surface area contributed by atoms with Gasteiger partial charge in [-0.05, 0) is 64.3 Å². The fraction of sp³-hybridized carbons (Fsp3) is 0.409. The lowest BCUT2D eigenvalue weighted by Crippen LogP contribution is -2.54. The van der Waals surface area contributed by atoms with E-state index in [0.717, 1.165) is 68.8 Å². The van der Waals surface area contributed by atoms with E-state index in [1.54, 1.807) is 11.8 Å². The maximum Gasteiger partial charge on any atom is 0.407 e. The highest BCUT2D eigenvalue weighted by atomic mass is 32.2. The Morgan fingerprint density at radius 1 is 0.678 bits per heavy atom. The minimum atomic E-state index is -0.702. The summed E-state index contributed by atoms with van der Waals surface area (Å²) in [4.78, 5) is 71.3. The van der Waals surface area contributed by atoms with Crippen molar-refractivity contribution in [2.45, 2.75) is 64.7 Å². The van der Waals surface area contributed by atoms with Gasteiger partial charge in [0.05, 0.1) is 50.1 Å². The van der Waals surface area contributed by atoms with Gasteiger partial charge in [0.2, 0.25) is 11.8 Å². The minimum absolute atomic E-state index is 0.105. The lowest BCUT2D eigenvalue weighted by molar-refractivity contribution is -0.137. The first kappa shape index (κ1) is 41.3. The van der Waals surface area contributed by atoms with Crippen molar-refractivity contribution in [3.63, 3.8) is 0 Å². The number of alkyl carbamates (subject to hydrolysis) is 2. The molecule has 4 amide bonds. The molecule has 2 saturated heterocycles. The van der Waals surface area contributed by atoms with Crippen LogP contribution in [0.15, 0.2) is 73.1 Å². The van der Waals surface area contributed by atoms with Crippen molar-refractivity contribution in [3.8, 4) is 33.6 Å². The molecule has 2 aromatic heterocycles. The van der Waals surface area contributed by atoms with Gasteiger partial charge < -0.3 is 39.9 Å². The van der Waals surface area contributed by atoms with Gasteiger partial charge in [0.1, 0.15) is 23.7 Å². The molecule has 0 radical (unpaired) electrons. The number of imidazole rings is 2. The highest BCUT2D eigenvalue weighted by Gasteiger charge is 2.38. The Balaban J connectivity index is 1.03. The summed E-state index contributed by atoms with van der Waals surface area (Å²) in [6.07, 6.45) is 4.01. The van der Waals surface area contributed by atoms with Crippen LogP contribution in [-0.4, -0.2) is 105 Å². The number of hydrogen-bond donors (Lipinski definition) is 4. The fourth-order valence-corrected chi connectivity index (χ4v) is 8.96. The molecule has 0 bridgehead atoms. The number of benzene rings is 3. The second kappa shape index (κ2) is 18.0. The number of nitrogens with one attached hydrogen (secondary N) is 4. The number of rotatable bonds is 11. The van der Waals surface area contributed by atoms with E-state index in [-0.39, 0.29) is 35.7 Å². The second-order valence-electron chi connectivity index (χ2n) is 15.7. The molecular weight excluding hydrogens is 769 g/mol. The van der Waals surface area contributed by atoms with Crippen molar-refractivity contribution < 1.29 is 28.7 Å². The molecule has 310 valence electrons. The zero-order valence-electron chi connectivity index (χ0n) is 34.3. The summed E-state index contributed by atoms with van der Waals surface area (Å²) in [6, 6.07) is 19.2. The summed E-state index contributed by atoms with van der Waals surface area (Å²) in [5.74, 6) is 2.45. The van der Waals surface area contributed by atoms with Crippen molar-refractivity contribution in [2.24, 2.45) is 11.8 Å². The first-order valence-electron chi connectivity index (χ1n) is 20.1. The number of thioether (sulfide) groups is 1. The molecule has 0 aliphatic carbocycles. The topological polar surface area (TPSA) is 175 Å². The zero-order valence-corrected chi connectivity index (χ0v) is 35.1. The molecule has 4 heterocycles. The number of hydrogen-bond acceptors (Lipinski definition) is 9. The molecule has 2 fully saturated rings. The molecule has 2 aliphatic rings. The van der Waals surface area contributed by atoms with E-state index in [0.29, 0.717) is 24.7 Å². The second-order valence-corrected chi connectivity index (χ2v) is 16.9. The number of nitrogens with zero attached hydrogens (tertiary/aromatic N) is 4. The van der Waals surface area contributed by atoms with Gasteiger partial charge in [0, 0.05) is 30.2 Å². The SMILES string of the molecule is COC(=O)N[C@H](C(=O)N1CCC[C@H]1c1ncc(-c2ccc(-c3ccc4cc(-c5cnc([C@@H]6CSCCN6C(=O)[C@@H](NC(=O)OC)C(C)C)[nH]5)ccc4c3)cc2)[nH]1)C(C)C. The zero-order chi connectivity index (χ0) is 41.8. The Morgan fingerprint density at radius 3 is 1.75 bits per heavy atom. The number of ether oxygens (including phenoxy) is 2. The van der Waals surface area contributed by atoms with Gasteiger partial charge in [-0.3, -0.25) is 9.59 Å². The summed E-state index contributed by atoms with van der Waals surface area (Å²) in [5, 5.41) is 7.60. The van der Waals surface area contributed by atoms with Crippen molar-refractivity contribution in [1.29, 1.82) is 0 Å². The number of amides is 4. The van der Waals surface area contributed by atoms with Crippen LogP contribution in [-0.2, 0) is 19.1 Å². The first-order chi connectivity index (χ1) is 28.4. The minimum Gasteiger partial charge on any atom is -0.453 e. The van der Waals surface area contributed by atoms with Crippen LogP contribution >= 0.6 is 11.8 Å². The number of likely N-dealkylation sites (tertiary alicyclic amines) is 1. The number of fused-ring (bicyclic) bond motifs is 1. The van der Waals surface area contributed by atoms with E-state index < -0.39 is 24.3 Å². The van der Waals surface area contributed by atoms with Crippen molar-refractivity contribution >= 4 is 46.5 Å². The van der Waals surface area contributed by atoms with Crippen LogP contribution in [0.3, 0.4) is 0 Å². The molecule has 14 nitrogen and oxygen atoms in total. The molecule has 4 atom stereocenters. The Hall–Kier alpha value is -5.83. The van der Waals surface area contributed by atoms with E-state index in [1.807, 2.05) is 49.9 Å². The highest BCUT2D eigenvalue weighted by Crippen LogP contribution is 2.35. The maximum atomic E-state index is 13.7. The first-order valence-corrected chi connectivity index (χ1v) is 21.2. The molecule has 0 saturated carbocycles. The van der Waals surface area contributed by atoms with E-state index >= 15 is 0 Å². The van der Waals surface area contributed by atoms with E-state index in [4.69, 9.17) is 14.5 Å². The Labute approximate surface area is 348 Å². The van der Waals surface area contributed by atoms with Crippen LogP contribution < -0.4 is 10.6 Å². The summed E-state index contributed by atoms with van der Waals surface area (Å²) in [6.45, 7) is 8.77. The monoisotopic (exact) mass is 820 g/mol. The van der Waals surface area contributed by atoms with Crippen LogP contribution in [0.5, 0.6) is 0 Å². The molecule has 3 aromatic carbocycles. The van der Waals surface area contributed by atoms with Gasteiger partial charge in [0.15, 0.2) is 0 Å². The predicted octanol–water partition coefficient (Wildman–Crippen LogP) is 7.33. The number of methoxy groups -OCH3 is 2. The standard InChI is InChI=1S/C44H52N8O6S/c1-25(2)37(49-43(55)57-5)41(53)51-17-7-8-35(51)39-45-22-33(47-39)28-11-9-27(10-12-28)29-13-14-31-21-32(16-15-30(31)20-29)34-23-46-40(48-34)36-24-59-19-18-52(36)42(54)38(26(3)4)50-44(56)58-6/h9-16,20-23,25-26,35-38H,7-8,17-19,24H2,1-6H3,(H,45,47)(H,46,48)(H,49,55)(H,50,56)/t35-,36-,37-,38-/m0/s1. The third-order valence-corrected chi connectivity index (χ3v) is 12.3. The van der Waals surface area contributed by atoms with Crippen LogP contribution in [0.1, 0.15) is 64.3 Å². The van der Waals surface area contributed by atoms with Crippen LogP contribution in [0.2, 0.25) is 0 Å². The summed E-state index contributed by atoms with van der Waals surface area (Å²) in [5.41, 5.74) is 5.87. The van der Waals surface area contributed by atoms with Gasteiger partial charge in [0.25, 0.3) is 0 Å². The smallest absolute Gasteiger partial charge is 0.407 e. The number of aromatic nitrogens is 4. The summed E-state index contributed by atoms with van der Waals surface area (Å²) < 4.78 is 9.55. The van der Waals surface area contributed by atoms with Gasteiger partial charge in [-0.25, -0.2) is 19.6 Å². The fourth-order valence-electron chi connectivity index (χ4n) is 7.91. The van der Waals surface area contributed by atoms with E-state index in [2.05, 4.69) is 86.2 Å². The molecule has 4 N–H and O–H groups in total. The van der Waals surface area contributed by atoms with Crippen molar-refractivity contribution in [1.82, 2.24) is 40.4 Å². The molecule has 5 aromatic rings. The Bertz CT molecular complexity index is 2310. The molecule has 15 heteroatoms. The number of carbonyl (C=O) groups excluding carboxylic acids is 4. The van der Waals surface area contributed by atoms with Crippen molar-refractivity contribution in [2.75, 3.05) is 38.8 Å². The highest BCUT2D eigenvalue weighted by molar-refractivity contribution is 7.99. The molecule has 2 aliphatic heterocycles. The Morgan fingerprint density at radius 2 is 1.17 bits per heavy atom. The van der Waals surface area contributed by atoms with Crippen molar-refractivity contribution in [3.05, 3.63) is 84.7 Å². The normalized spacial score (nSPS) is 17.9. The molecule has 59 heavy (non-hydrogen) atoms. The van der Waals surface area contributed by atoms with Gasteiger partial charge in [-0.1, -0.05) is 76.2 Å². The average molecular weight is 821 g/mol. The third kappa shape index (κ3) is 8.94. The number of H-pyrrole nitrogens is 2. The lowest BCUT2D eigenvalue weighted by Gasteiger charge is -2.37. The number of carbonyl (C=O) groups is 4. The Kier molecular flexibility index (Phi) is 12.6. The van der Waals surface area contributed by atoms with E-state index in [9.17, 15) is 19.2 Å². The lowest BCUT2D eigenvalue weighted by atomic mass is 9.98. The summed E-state index contributed by atoms with van der Waals surface area (Å²) >= 11 is 1.78.